The fourth-order valence-corrected chi connectivity index (χ4v) is 3.24. The van der Waals surface area contributed by atoms with Gasteiger partial charge < -0.3 is 5.73 Å². The Morgan fingerprint density at radius 3 is 2.53 bits per heavy atom. The average Bonchev–Trinajstić information content (AvgIpc) is 2.29. The van der Waals surface area contributed by atoms with Crippen LogP contribution in [-0.4, -0.2) is 28.5 Å². The van der Waals surface area contributed by atoms with Crippen molar-refractivity contribution in [3.05, 3.63) is 0 Å². The summed E-state index contributed by atoms with van der Waals surface area (Å²) in [5, 5.41) is 0. The minimum Gasteiger partial charge on any atom is -0.393 e. The van der Waals surface area contributed by atoms with Crippen molar-refractivity contribution in [2.24, 2.45) is 11.7 Å². The van der Waals surface area contributed by atoms with Crippen molar-refractivity contribution in [1.29, 1.82) is 0 Å². The van der Waals surface area contributed by atoms with Crippen LogP contribution in [0.1, 0.15) is 59.3 Å². The Labute approximate surface area is 112 Å². The van der Waals surface area contributed by atoms with Gasteiger partial charge in [0.05, 0.1) is 4.99 Å². The molecular formula is C14H28N2S. The third kappa shape index (κ3) is 4.55. The number of hydrogen-bond acceptors (Lipinski definition) is 2. The molecule has 2 nitrogen and oxygen atoms in total. The van der Waals surface area contributed by atoms with E-state index in [-0.39, 0.29) is 0 Å². The molecule has 0 bridgehead atoms. The summed E-state index contributed by atoms with van der Waals surface area (Å²) < 4.78 is 0. The Hall–Kier alpha value is -0.150. The predicted octanol–water partition coefficient (Wildman–Crippen LogP) is 3.34. The van der Waals surface area contributed by atoms with Gasteiger partial charge in [0, 0.05) is 25.0 Å². The average molecular weight is 256 g/mol. The number of nitrogens with zero attached hydrogens (tertiary/aromatic N) is 1. The van der Waals surface area contributed by atoms with Crippen LogP contribution < -0.4 is 5.73 Å². The molecule has 1 saturated carbocycles. The van der Waals surface area contributed by atoms with E-state index in [1.807, 2.05) is 0 Å². The van der Waals surface area contributed by atoms with Crippen molar-refractivity contribution in [3.8, 4) is 0 Å². The van der Waals surface area contributed by atoms with Gasteiger partial charge >= 0.3 is 0 Å². The molecule has 0 amide bonds. The van der Waals surface area contributed by atoms with E-state index < -0.39 is 0 Å². The van der Waals surface area contributed by atoms with E-state index in [1.165, 1.54) is 32.1 Å². The molecule has 1 aliphatic rings. The van der Waals surface area contributed by atoms with E-state index in [4.69, 9.17) is 18.0 Å². The van der Waals surface area contributed by atoms with Gasteiger partial charge in [-0.05, 0) is 32.6 Å². The van der Waals surface area contributed by atoms with E-state index in [0.717, 1.165) is 24.9 Å². The maximum atomic E-state index is 5.64. The van der Waals surface area contributed by atoms with Crippen molar-refractivity contribution >= 4 is 17.2 Å². The van der Waals surface area contributed by atoms with Crippen LogP contribution in [0.5, 0.6) is 0 Å². The zero-order chi connectivity index (χ0) is 12.8. The van der Waals surface area contributed by atoms with Crippen LogP contribution in [0.3, 0.4) is 0 Å². The molecule has 0 saturated heterocycles. The second-order valence-electron chi connectivity index (χ2n) is 5.57. The molecule has 0 radical (unpaired) electrons. The van der Waals surface area contributed by atoms with Crippen LogP contribution in [0.2, 0.25) is 0 Å². The molecule has 1 fully saturated rings. The summed E-state index contributed by atoms with van der Waals surface area (Å²) in [5.41, 5.74) is 5.64. The van der Waals surface area contributed by atoms with Gasteiger partial charge in [-0.3, -0.25) is 4.90 Å². The quantitative estimate of drug-likeness (QED) is 0.739. The molecule has 0 aromatic carbocycles. The lowest BCUT2D eigenvalue weighted by atomic mass is 9.81. The molecule has 0 aliphatic heterocycles. The van der Waals surface area contributed by atoms with E-state index >= 15 is 0 Å². The summed E-state index contributed by atoms with van der Waals surface area (Å²) in [6.45, 7) is 7.95. The highest BCUT2D eigenvalue weighted by atomic mass is 32.1. The van der Waals surface area contributed by atoms with Gasteiger partial charge in [0.25, 0.3) is 0 Å². The number of thiocarbonyl (C=S) groups is 1. The Kier molecular flexibility index (Phi) is 6.42. The van der Waals surface area contributed by atoms with Crippen molar-refractivity contribution in [1.82, 2.24) is 4.90 Å². The first-order valence-electron chi connectivity index (χ1n) is 7.10. The minimum absolute atomic E-state index is 0.599. The zero-order valence-corrected chi connectivity index (χ0v) is 12.4. The molecule has 0 aromatic heterocycles. The second kappa shape index (κ2) is 7.32. The van der Waals surface area contributed by atoms with Crippen LogP contribution in [0.25, 0.3) is 0 Å². The Morgan fingerprint density at radius 1 is 1.35 bits per heavy atom. The molecule has 1 aliphatic carbocycles. The standard InChI is InChI=1S/C14H28N2S/c1-4-12-7-5-6-8-13(12)16(11(2)3)10-9-14(15)17/h11-13H,4-10H2,1-3H3,(H2,15,17). The third-order valence-electron chi connectivity index (χ3n) is 4.10. The van der Waals surface area contributed by atoms with Gasteiger partial charge in [0.2, 0.25) is 0 Å². The van der Waals surface area contributed by atoms with Gasteiger partial charge in [-0.1, -0.05) is 38.4 Å². The highest BCUT2D eigenvalue weighted by Crippen LogP contribution is 2.31. The summed E-state index contributed by atoms with van der Waals surface area (Å²) in [7, 11) is 0. The van der Waals surface area contributed by atoms with E-state index in [2.05, 4.69) is 25.7 Å². The zero-order valence-electron chi connectivity index (χ0n) is 11.6. The van der Waals surface area contributed by atoms with Gasteiger partial charge in [-0.25, -0.2) is 0 Å². The van der Waals surface area contributed by atoms with E-state index in [9.17, 15) is 0 Å². The molecule has 2 N–H and O–H groups in total. The smallest absolute Gasteiger partial charge is 0.0740 e. The summed E-state index contributed by atoms with van der Waals surface area (Å²) in [5.74, 6) is 0.873. The molecule has 1 rings (SSSR count). The molecule has 2 unspecified atom stereocenters. The van der Waals surface area contributed by atoms with Crippen LogP contribution >= 0.6 is 12.2 Å². The van der Waals surface area contributed by atoms with Crippen molar-refractivity contribution in [3.63, 3.8) is 0 Å². The van der Waals surface area contributed by atoms with Crippen LogP contribution in [0.4, 0.5) is 0 Å². The van der Waals surface area contributed by atoms with E-state index in [0.29, 0.717) is 11.0 Å². The van der Waals surface area contributed by atoms with Crippen molar-refractivity contribution in [2.75, 3.05) is 6.54 Å². The Balaban J connectivity index is 2.63. The molecule has 3 heteroatoms. The Morgan fingerprint density at radius 2 is 2.00 bits per heavy atom. The number of rotatable bonds is 6. The molecule has 2 atom stereocenters. The van der Waals surface area contributed by atoms with Crippen LogP contribution in [0, 0.1) is 5.92 Å². The molecular weight excluding hydrogens is 228 g/mol. The maximum Gasteiger partial charge on any atom is 0.0740 e. The first kappa shape index (κ1) is 14.9. The van der Waals surface area contributed by atoms with Crippen LogP contribution in [0.15, 0.2) is 0 Å². The lowest BCUT2D eigenvalue weighted by molar-refractivity contribution is 0.0762. The number of hydrogen-bond donors (Lipinski definition) is 1. The number of nitrogens with two attached hydrogens (primary N) is 1. The van der Waals surface area contributed by atoms with E-state index in [1.54, 1.807) is 0 Å². The first-order valence-corrected chi connectivity index (χ1v) is 7.51. The second-order valence-corrected chi connectivity index (χ2v) is 6.09. The predicted molar refractivity (Wildman–Crippen MR) is 79.3 cm³/mol. The molecule has 0 aromatic rings. The van der Waals surface area contributed by atoms with Crippen LogP contribution in [-0.2, 0) is 0 Å². The fourth-order valence-electron chi connectivity index (χ4n) is 3.15. The van der Waals surface area contributed by atoms with Gasteiger partial charge in [0.15, 0.2) is 0 Å². The SMILES string of the molecule is CCC1CCCCC1N(CCC(N)=S)C(C)C. The Bertz CT molecular complexity index is 240. The highest BCUT2D eigenvalue weighted by Gasteiger charge is 2.30. The lowest BCUT2D eigenvalue weighted by Gasteiger charge is -2.42. The summed E-state index contributed by atoms with van der Waals surface area (Å²) >= 11 is 5.01. The summed E-state index contributed by atoms with van der Waals surface area (Å²) in [6.07, 6.45) is 7.72. The summed E-state index contributed by atoms with van der Waals surface area (Å²) in [6, 6.07) is 1.35. The van der Waals surface area contributed by atoms with Crippen molar-refractivity contribution < 1.29 is 0 Å². The fraction of sp³-hybridized carbons (Fsp3) is 0.929. The highest BCUT2D eigenvalue weighted by molar-refractivity contribution is 7.80. The van der Waals surface area contributed by atoms with Crippen molar-refractivity contribution in [2.45, 2.75) is 71.4 Å². The topological polar surface area (TPSA) is 29.3 Å². The monoisotopic (exact) mass is 256 g/mol. The van der Waals surface area contributed by atoms with Gasteiger partial charge in [-0.2, -0.15) is 0 Å². The molecule has 100 valence electrons. The first-order chi connectivity index (χ1) is 8.06. The third-order valence-corrected chi connectivity index (χ3v) is 4.30. The maximum absolute atomic E-state index is 5.64. The largest absolute Gasteiger partial charge is 0.393 e. The minimum atomic E-state index is 0.599. The van der Waals surface area contributed by atoms with Gasteiger partial charge in [-0.15, -0.1) is 0 Å². The normalized spacial score (nSPS) is 25.5. The molecule has 0 spiro atoms. The molecule has 0 heterocycles. The van der Waals surface area contributed by atoms with Gasteiger partial charge in [0.1, 0.15) is 0 Å². The summed E-state index contributed by atoms with van der Waals surface area (Å²) in [4.78, 5) is 3.28. The molecule has 17 heavy (non-hydrogen) atoms. The lowest BCUT2D eigenvalue weighted by Crippen LogP contribution is -2.47.